The predicted octanol–water partition coefficient (Wildman–Crippen LogP) is -0.199. The molecule has 92 valence electrons. The molecular weight excluding hydrogens is 208 g/mol. The lowest BCUT2D eigenvalue weighted by Gasteiger charge is -2.37. The van der Waals surface area contributed by atoms with Crippen molar-refractivity contribution in [3.05, 3.63) is 0 Å². The van der Waals surface area contributed by atoms with Crippen LogP contribution in [-0.4, -0.2) is 55.0 Å². The Kier molecular flexibility index (Phi) is 4.89. The topological polar surface area (TPSA) is 58.6 Å². The predicted molar refractivity (Wildman–Crippen MR) is 60.1 cm³/mol. The van der Waals surface area contributed by atoms with Gasteiger partial charge < -0.3 is 10.1 Å². The van der Waals surface area contributed by atoms with Crippen LogP contribution in [0.1, 0.15) is 20.8 Å². The molecule has 0 aromatic heterocycles. The highest BCUT2D eigenvalue weighted by Crippen LogP contribution is 2.12. The van der Waals surface area contributed by atoms with Crippen LogP contribution in [0.3, 0.4) is 0 Å². The Labute approximate surface area is 96.1 Å². The van der Waals surface area contributed by atoms with Crippen molar-refractivity contribution in [3.8, 4) is 0 Å². The molecule has 2 unspecified atom stereocenters. The lowest BCUT2D eigenvalue weighted by molar-refractivity contribution is -0.137. The number of morpholine rings is 1. The normalized spacial score (nSPS) is 23.8. The Bertz CT molecular complexity index is 268. The van der Waals surface area contributed by atoms with Crippen molar-refractivity contribution in [1.29, 1.82) is 0 Å². The first-order valence-electron chi connectivity index (χ1n) is 5.69. The monoisotopic (exact) mass is 228 g/mol. The first-order chi connectivity index (χ1) is 7.57. The maximum absolute atomic E-state index is 11.8. The molecule has 1 N–H and O–H groups in total. The molecule has 0 radical (unpaired) electrons. The van der Waals surface area contributed by atoms with E-state index in [-0.39, 0.29) is 23.8 Å². The first-order valence-corrected chi connectivity index (χ1v) is 5.69. The molecule has 5 heteroatoms. The smallest absolute Gasteiger partial charge is 0.239 e. The molecule has 0 aromatic rings. The van der Waals surface area contributed by atoms with Crippen LogP contribution in [0.4, 0.5) is 0 Å². The minimum atomic E-state index is -0.340. The molecule has 1 aliphatic rings. The molecule has 0 spiro atoms. The van der Waals surface area contributed by atoms with Crippen LogP contribution in [0, 0.1) is 0 Å². The van der Waals surface area contributed by atoms with Crippen LogP contribution in [0.25, 0.3) is 0 Å². The summed E-state index contributed by atoms with van der Waals surface area (Å²) in [5.74, 6) is 0.0199. The van der Waals surface area contributed by atoms with Gasteiger partial charge in [-0.05, 0) is 20.8 Å². The molecule has 1 saturated heterocycles. The quantitative estimate of drug-likeness (QED) is 0.724. The second-order valence-electron chi connectivity index (χ2n) is 4.01. The Hall–Kier alpha value is -0.940. The lowest BCUT2D eigenvalue weighted by Crippen LogP contribution is -2.58. The van der Waals surface area contributed by atoms with E-state index in [1.807, 2.05) is 18.7 Å². The number of carbonyl (C=O) groups excluding carboxylic acids is 2. The standard InChI is InChI=1S/C11H20N2O3/c1-4-12-11(15)10-7-16-6-5-13(10)8(2)9(3)14/h8,10H,4-7H2,1-3H3,(H,12,15). The molecule has 0 bridgehead atoms. The van der Waals surface area contributed by atoms with Crippen molar-refractivity contribution in [2.75, 3.05) is 26.3 Å². The van der Waals surface area contributed by atoms with E-state index in [0.717, 1.165) is 0 Å². The van der Waals surface area contributed by atoms with E-state index in [1.165, 1.54) is 0 Å². The summed E-state index contributed by atoms with van der Waals surface area (Å²) in [7, 11) is 0. The van der Waals surface area contributed by atoms with Gasteiger partial charge in [0, 0.05) is 13.1 Å². The van der Waals surface area contributed by atoms with Crippen LogP contribution < -0.4 is 5.32 Å². The van der Waals surface area contributed by atoms with Gasteiger partial charge in [0.15, 0.2) is 0 Å². The van der Waals surface area contributed by atoms with E-state index in [0.29, 0.717) is 26.3 Å². The summed E-state index contributed by atoms with van der Waals surface area (Å²) < 4.78 is 5.30. The molecule has 16 heavy (non-hydrogen) atoms. The zero-order valence-electron chi connectivity index (χ0n) is 10.2. The number of Topliss-reactive ketones (excluding diaryl/α,β-unsaturated/α-hetero) is 1. The third kappa shape index (κ3) is 3.02. The molecule has 1 aliphatic heterocycles. The maximum atomic E-state index is 11.8. The molecule has 0 saturated carbocycles. The number of ether oxygens (including phenoxy) is 1. The summed E-state index contributed by atoms with van der Waals surface area (Å²) in [6.45, 7) is 7.42. The van der Waals surface area contributed by atoms with Crippen molar-refractivity contribution < 1.29 is 14.3 Å². The van der Waals surface area contributed by atoms with Gasteiger partial charge in [0.05, 0.1) is 19.3 Å². The van der Waals surface area contributed by atoms with Gasteiger partial charge in [-0.3, -0.25) is 14.5 Å². The van der Waals surface area contributed by atoms with E-state index in [9.17, 15) is 9.59 Å². The highest BCUT2D eigenvalue weighted by atomic mass is 16.5. The van der Waals surface area contributed by atoms with Crippen molar-refractivity contribution in [2.24, 2.45) is 0 Å². The summed E-state index contributed by atoms with van der Waals surface area (Å²) in [6, 6.07) is -0.566. The van der Waals surface area contributed by atoms with Gasteiger partial charge >= 0.3 is 0 Å². The second-order valence-corrected chi connectivity index (χ2v) is 4.01. The third-order valence-electron chi connectivity index (χ3n) is 2.91. The molecule has 1 amide bonds. The number of likely N-dealkylation sites (N-methyl/N-ethyl adjacent to an activating group) is 1. The summed E-state index contributed by atoms with van der Waals surface area (Å²) in [5.41, 5.74) is 0. The first kappa shape index (κ1) is 13.1. The number of carbonyl (C=O) groups is 2. The number of ketones is 1. The van der Waals surface area contributed by atoms with Crippen LogP contribution in [0.5, 0.6) is 0 Å². The molecule has 0 aromatic carbocycles. The van der Waals surface area contributed by atoms with Gasteiger partial charge in [-0.15, -0.1) is 0 Å². The largest absolute Gasteiger partial charge is 0.378 e. The van der Waals surface area contributed by atoms with E-state index >= 15 is 0 Å². The van der Waals surface area contributed by atoms with Gasteiger partial charge in [0.1, 0.15) is 11.8 Å². The molecule has 0 aliphatic carbocycles. The van der Waals surface area contributed by atoms with E-state index in [1.54, 1.807) is 6.92 Å². The maximum Gasteiger partial charge on any atom is 0.239 e. The second kappa shape index (κ2) is 5.96. The lowest BCUT2D eigenvalue weighted by atomic mass is 10.1. The van der Waals surface area contributed by atoms with Crippen LogP contribution in [0.15, 0.2) is 0 Å². The molecule has 1 heterocycles. The van der Waals surface area contributed by atoms with Gasteiger partial charge in [0.25, 0.3) is 0 Å². The van der Waals surface area contributed by atoms with E-state index in [4.69, 9.17) is 4.74 Å². The van der Waals surface area contributed by atoms with Crippen molar-refractivity contribution in [3.63, 3.8) is 0 Å². The molecule has 1 rings (SSSR count). The number of amides is 1. The number of nitrogens with zero attached hydrogens (tertiary/aromatic N) is 1. The average Bonchev–Trinajstić information content (AvgIpc) is 2.28. The fourth-order valence-electron chi connectivity index (χ4n) is 1.83. The highest BCUT2D eigenvalue weighted by Gasteiger charge is 2.33. The third-order valence-corrected chi connectivity index (χ3v) is 2.91. The van der Waals surface area contributed by atoms with Crippen LogP contribution in [-0.2, 0) is 14.3 Å². The summed E-state index contributed by atoms with van der Waals surface area (Å²) >= 11 is 0. The van der Waals surface area contributed by atoms with Crippen LogP contribution >= 0.6 is 0 Å². The number of hydrogen-bond donors (Lipinski definition) is 1. The fraction of sp³-hybridized carbons (Fsp3) is 0.818. The zero-order chi connectivity index (χ0) is 12.1. The molecule has 5 nitrogen and oxygen atoms in total. The number of hydrogen-bond acceptors (Lipinski definition) is 4. The van der Waals surface area contributed by atoms with Crippen molar-refractivity contribution >= 4 is 11.7 Å². The molecule has 2 atom stereocenters. The van der Waals surface area contributed by atoms with Gasteiger partial charge in [0.2, 0.25) is 5.91 Å². The Morgan fingerprint density at radius 2 is 2.25 bits per heavy atom. The molecule has 1 fully saturated rings. The van der Waals surface area contributed by atoms with Crippen LogP contribution in [0.2, 0.25) is 0 Å². The Morgan fingerprint density at radius 1 is 1.56 bits per heavy atom. The van der Waals surface area contributed by atoms with Crippen molar-refractivity contribution in [1.82, 2.24) is 10.2 Å². The number of rotatable bonds is 4. The van der Waals surface area contributed by atoms with E-state index in [2.05, 4.69) is 5.32 Å². The highest BCUT2D eigenvalue weighted by molar-refractivity contribution is 5.85. The summed E-state index contributed by atoms with van der Waals surface area (Å²) in [4.78, 5) is 25.1. The van der Waals surface area contributed by atoms with Gasteiger partial charge in [-0.2, -0.15) is 0 Å². The minimum Gasteiger partial charge on any atom is -0.378 e. The summed E-state index contributed by atoms with van der Waals surface area (Å²) in [5, 5.41) is 2.77. The summed E-state index contributed by atoms with van der Waals surface area (Å²) in [6.07, 6.45) is 0. The Morgan fingerprint density at radius 3 is 2.81 bits per heavy atom. The van der Waals surface area contributed by atoms with Gasteiger partial charge in [-0.1, -0.05) is 0 Å². The van der Waals surface area contributed by atoms with Crippen molar-refractivity contribution in [2.45, 2.75) is 32.9 Å². The van der Waals surface area contributed by atoms with E-state index < -0.39 is 0 Å². The zero-order valence-corrected chi connectivity index (χ0v) is 10.2. The fourth-order valence-corrected chi connectivity index (χ4v) is 1.83. The molecular formula is C11H20N2O3. The number of nitrogens with one attached hydrogen (secondary N) is 1. The average molecular weight is 228 g/mol. The van der Waals surface area contributed by atoms with Gasteiger partial charge in [-0.25, -0.2) is 0 Å². The minimum absolute atomic E-state index is 0.0599. The Balaban J connectivity index is 2.70. The SMILES string of the molecule is CCNC(=O)C1COCCN1C(C)C(C)=O.